The van der Waals surface area contributed by atoms with Crippen LogP contribution in [0.5, 0.6) is 5.75 Å². The predicted molar refractivity (Wildman–Crippen MR) is 167 cm³/mol. The van der Waals surface area contributed by atoms with Crippen molar-refractivity contribution >= 4 is 17.6 Å². The van der Waals surface area contributed by atoms with Crippen LogP contribution in [0.1, 0.15) is 56.5 Å². The molecule has 2 bridgehead atoms. The number of hydrogen-bond donors (Lipinski definition) is 4. The summed E-state index contributed by atoms with van der Waals surface area (Å²) < 4.78 is 21.4. The number of carboxylic acid groups (broad SMARTS) is 1. The van der Waals surface area contributed by atoms with Crippen LogP contribution in [0.2, 0.25) is 0 Å². The lowest BCUT2D eigenvalue weighted by atomic mass is 9.45. The Morgan fingerprint density at radius 1 is 1.22 bits per heavy atom. The maximum absolute atomic E-state index is 15.6. The Morgan fingerprint density at radius 2 is 1.93 bits per heavy atom. The van der Waals surface area contributed by atoms with Gasteiger partial charge in [-0.15, -0.1) is 0 Å². The molecule has 10 nitrogen and oxygen atoms in total. The Morgan fingerprint density at radius 3 is 2.49 bits per heavy atom. The largest absolute Gasteiger partial charge is 0.496 e. The Kier molecular flexibility index (Phi) is 9.21. The third-order valence-electron chi connectivity index (χ3n) is 10.8. The van der Waals surface area contributed by atoms with Crippen molar-refractivity contribution in [2.45, 2.75) is 71.4 Å². The molecule has 1 saturated heterocycles. The topological polar surface area (TPSA) is 132 Å². The number of nitrogens with zero attached hydrogens (tertiary/aromatic N) is 2. The summed E-state index contributed by atoms with van der Waals surface area (Å²) in [5.74, 6) is -1.37. The summed E-state index contributed by atoms with van der Waals surface area (Å²) >= 11 is 0. The van der Waals surface area contributed by atoms with Crippen LogP contribution in [0.3, 0.4) is 0 Å². The van der Waals surface area contributed by atoms with Crippen molar-refractivity contribution in [3.63, 3.8) is 0 Å². The maximum Gasteiger partial charge on any atom is 0.335 e. The highest BCUT2D eigenvalue weighted by atomic mass is 19.1. The first-order valence-electron chi connectivity index (χ1n) is 15.6. The summed E-state index contributed by atoms with van der Waals surface area (Å²) in [5, 5.41) is 35.3. The van der Waals surface area contributed by atoms with E-state index in [0.717, 1.165) is 12.8 Å². The SMILES string of the molecule is COc1c(-c2cc(C(=O)O)cc(N(C)C)c2)ccc(F)c1CN1O[C@@H](CO)[C@@H]([C@H](C)O)[C@H]1C(=O)N[C@H]1C[C@H]2C[C@@H]([C@@H]1C)C2(C)C. The molecule has 45 heavy (non-hydrogen) atoms. The van der Waals surface area contributed by atoms with E-state index >= 15 is 4.39 Å². The van der Waals surface area contributed by atoms with Crippen molar-refractivity contribution in [2.75, 3.05) is 32.7 Å². The number of anilines is 1. The zero-order valence-electron chi connectivity index (χ0n) is 27.1. The fraction of sp³-hybridized carbons (Fsp3) is 0.588. The van der Waals surface area contributed by atoms with Crippen LogP contribution in [-0.2, 0) is 16.2 Å². The van der Waals surface area contributed by atoms with E-state index in [1.807, 2.05) is 0 Å². The highest BCUT2D eigenvalue weighted by molar-refractivity contribution is 5.92. The first kappa shape index (κ1) is 33.1. The summed E-state index contributed by atoms with van der Waals surface area (Å²) in [4.78, 5) is 33.8. The van der Waals surface area contributed by atoms with Gasteiger partial charge in [-0.3, -0.25) is 9.63 Å². The number of aromatic carboxylic acids is 1. The highest BCUT2D eigenvalue weighted by Gasteiger charge is 2.57. The van der Waals surface area contributed by atoms with Gasteiger partial charge in [-0.05, 0) is 78.8 Å². The summed E-state index contributed by atoms with van der Waals surface area (Å²) in [6.45, 7) is 7.64. The second-order valence-corrected chi connectivity index (χ2v) is 13.8. The molecular weight excluding hydrogens is 581 g/mol. The van der Waals surface area contributed by atoms with Gasteiger partial charge in [0.2, 0.25) is 5.91 Å². The summed E-state index contributed by atoms with van der Waals surface area (Å²) in [5.41, 5.74) is 2.01. The number of amides is 1. The molecule has 8 atom stereocenters. The third kappa shape index (κ3) is 5.91. The van der Waals surface area contributed by atoms with Gasteiger partial charge in [-0.2, -0.15) is 5.06 Å². The second-order valence-electron chi connectivity index (χ2n) is 13.8. The van der Waals surface area contributed by atoms with Crippen molar-refractivity contribution in [3.05, 3.63) is 47.3 Å². The van der Waals surface area contributed by atoms with Crippen LogP contribution in [0.25, 0.3) is 11.1 Å². The molecule has 1 amide bonds. The Hall–Kier alpha value is -3.25. The van der Waals surface area contributed by atoms with Gasteiger partial charge in [0, 0.05) is 42.9 Å². The molecule has 4 fully saturated rings. The van der Waals surface area contributed by atoms with Gasteiger partial charge in [-0.1, -0.05) is 20.8 Å². The molecule has 3 aliphatic carbocycles. The van der Waals surface area contributed by atoms with E-state index in [1.165, 1.54) is 30.4 Å². The number of ether oxygens (including phenoxy) is 1. The maximum atomic E-state index is 15.6. The number of aliphatic hydroxyl groups excluding tert-OH is 2. The lowest BCUT2D eigenvalue weighted by molar-refractivity contribution is -0.183. The molecule has 0 radical (unpaired) electrons. The number of hydroxylamine groups is 2. The van der Waals surface area contributed by atoms with Gasteiger partial charge in [-0.25, -0.2) is 9.18 Å². The van der Waals surface area contributed by atoms with E-state index in [4.69, 9.17) is 9.57 Å². The second kappa shape index (κ2) is 12.5. The first-order chi connectivity index (χ1) is 21.2. The minimum atomic E-state index is -1.10. The van der Waals surface area contributed by atoms with Crippen LogP contribution in [0, 0.1) is 34.9 Å². The number of halogens is 1. The van der Waals surface area contributed by atoms with E-state index in [1.54, 1.807) is 38.1 Å². The van der Waals surface area contributed by atoms with E-state index in [2.05, 4.69) is 26.1 Å². The third-order valence-corrected chi connectivity index (χ3v) is 10.8. The molecule has 4 N–H and O–H groups in total. The van der Waals surface area contributed by atoms with E-state index in [0.29, 0.717) is 28.7 Å². The van der Waals surface area contributed by atoms with Gasteiger partial charge >= 0.3 is 5.97 Å². The van der Waals surface area contributed by atoms with Crippen molar-refractivity contribution in [1.82, 2.24) is 10.4 Å². The Labute approximate surface area is 264 Å². The molecule has 246 valence electrons. The number of carbonyl (C=O) groups is 2. The smallest absolute Gasteiger partial charge is 0.335 e. The van der Waals surface area contributed by atoms with Crippen molar-refractivity contribution < 1.29 is 38.9 Å². The summed E-state index contributed by atoms with van der Waals surface area (Å²) in [6, 6.07) is 6.59. The van der Waals surface area contributed by atoms with E-state index in [9.17, 15) is 24.9 Å². The number of aliphatic hydroxyl groups is 2. The average Bonchev–Trinajstić information content (AvgIpc) is 3.37. The molecule has 1 aliphatic heterocycles. The molecule has 2 aromatic carbocycles. The highest BCUT2D eigenvalue weighted by Crippen LogP contribution is 2.61. The van der Waals surface area contributed by atoms with Crippen molar-refractivity contribution in [1.29, 1.82) is 0 Å². The van der Waals surface area contributed by atoms with E-state index < -0.39 is 42.6 Å². The first-order valence-corrected chi connectivity index (χ1v) is 15.6. The number of methoxy groups -OCH3 is 1. The fourth-order valence-corrected chi connectivity index (χ4v) is 8.00. The standard InChI is InChI=1S/C34H46FN3O7/c1-17-25-13-21(34(25,3)4)14-27(17)36-32(41)30-29(18(2)40)28(16-39)45-38(30)15-24-26(35)9-8-23(31(24)44-7)19-10-20(33(42)43)12-22(11-19)37(5)6/h8-12,17-18,21,25,27-30,39-40H,13-16H2,1-7H3,(H,36,41)(H,42,43)/t17-,18-,21+,25-,27-,28-,29+,30-/m0/s1. The zero-order chi connectivity index (χ0) is 33.0. The predicted octanol–water partition coefficient (Wildman–Crippen LogP) is 3.93. The summed E-state index contributed by atoms with van der Waals surface area (Å²) in [7, 11) is 4.99. The molecule has 11 heteroatoms. The Bertz CT molecular complexity index is 1450. The zero-order valence-corrected chi connectivity index (χ0v) is 27.1. The van der Waals surface area contributed by atoms with Gasteiger partial charge in [0.1, 0.15) is 23.7 Å². The minimum absolute atomic E-state index is 0.0408. The number of rotatable bonds is 10. The average molecular weight is 628 g/mol. The van der Waals surface area contributed by atoms with Gasteiger partial charge < -0.3 is 30.3 Å². The van der Waals surface area contributed by atoms with Crippen LogP contribution >= 0.6 is 0 Å². The molecule has 3 saturated carbocycles. The molecular formula is C34H46FN3O7. The minimum Gasteiger partial charge on any atom is -0.496 e. The number of nitrogens with one attached hydrogen (secondary N) is 1. The number of carboxylic acids is 1. The van der Waals surface area contributed by atoms with Gasteiger partial charge in [0.15, 0.2) is 0 Å². The van der Waals surface area contributed by atoms with Gasteiger partial charge in [0.25, 0.3) is 0 Å². The molecule has 6 rings (SSSR count). The van der Waals surface area contributed by atoms with Crippen LogP contribution < -0.4 is 15.0 Å². The number of carbonyl (C=O) groups excluding carboxylic acids is 1. The van der Waals surface area contributed by atoms with Crippen molar-refractivity contribution in [2.24, 2.45) is 29.1 Å². The van der Waals surface area contributed by atoms with Crippen molar-refractivity contribution in [3.8, 4) is 16.9 Å². The molecule has 0 spiro atoms. The van der Waals surface area contributed by atoms with Gasteiger partial charge in [0.05, 0.1) is 31.9 Å². The molecule has 0 aromatic heterocycles. The van der Waals surface area contributed by atoms with Crippen LogP contribution in [0.4, 0.5) is 10.1 Å². The lowest BCUT2D eigenvalue weighted by Crippen LogP contribution is -2.62. The number of benzene rings is 2. The quantitative estimate of drug-likeness (QED) is 0.310. The Balaban J connectivity index is 1.49. The van der Waals surface area contributed by atoms with Crippen LogP contribution in [0.15, 0.2) is 30.3 Å². The lowest BCUT2D eigenvalue weighted by Gasteiger charge is -2.62. The van der Waals surface area contributed by atoms with Crippen LogP contribution in [-0.4, -0.2) is 84.4 Å². The van der Waals surface area contributed by atoms with E-state index in [-0.39, 0.29) is 46.7 Å². The molecule has 1 heterocycles. The normalized spacial score (nSPS) is 29.5. The number of hydrogen-bond acceptors (Lipinski definition) is 8. The number of fused-ring (bicyclic) bond motifs is 2. The molecule has 4 aliphatic rings. The molecule has 2 aromatic rings. The summed E-state index contributed by atoms with van der Waals surface area (Å²) in [6.07, 6.45) is 0.133. The molecule has 0 unspecified atom stereocenters. The monoisotopic (exact) mass is 627 g/mol. The fourth-order valence-electron chi connectivity index (χ4n) is 8.00.